The Balaban J connectivity index is 1.83. The van der Waals surface area contributed by atoms with Gasteiger partial charge in [0.25, 0.3) is 0 Å². The first-order valence-corrected chi connectivity index (χ1v) is 9.32. The Bertz CT molecular complexity index is 821. The Morgan fingerprint density at radius 3 is 2.77 bits per heavy atom. The van der Waals surface area contributed by atoms with Gasteiger partial charge in [-0.3, -0.25) is 0 Å². The molecule has 1 N–H and O–H groups in total. The monoisotopic (exact) mass is 396 g/mol. The van der Waals surface area contributed by atoms with Crippen molar-refractivity contribution in [3.05, 3.63) is 52.8 Å². The number of ether oxygens (including phenoxy) is 2. The average molecular weight is 397 g/mol. The minimum Gasteiger partial charge on any atom is -0.497 e. The zero-order valence-corrected chi connectivity index (χ0v) is 15.9. The smallest absolute Gasteiger partial charge is 0.323 e. The number of nitrogens with one attached hydrogen (secondary N) is 1. The van der Waals surface area contributed by atoms with E-state index in [0.29, 0.717) is 23.7 Å². The van der Waals surface area contributed by atoms with Gasteiger partial charge in [-0.1, -0.05) is 11.6 Å². The summed E-state index contributed by atoms with van der Waals surface area (Å²) in [5, 5.41) is 2.52. The van der Waals surface area contributed by atoms with Gasteiger partial charge < -0.3 is 19.7 Å². The van der Waals surface area contributed by atoms with Crippen molar-refractivity contribution in [1.82, 2.24) is 4.90 Å². The molecule has 1 saturated heterocycles. The third-order valence-corrected chi connectivity index (χ3v) is 5.56. The van der Waals surface area contributed by atoms with Gasteiger partial charge in [0, 0.05) is 23.5 Å². The first kappa shape index (κ1) is 18.7. The van der Waals surface area contributed by atoms with E-state index in [4.69, 9.17) is 21.1 Å². The summed E-state index contributed by atoms with van der Waals surface area (Å²) < 4.78 is 24.0. The number of hydrogen-bond donors (Lipinski definition) is 1. The highest BCUT2D eigenvalue weighted by Gasteiger charge is 2.33. The maximum absolute atomic E-state index is 13.3. The molecule has 1 atom stereocenters. The number of nitrogens with zero attached hydrogens (tertiary/aromatic N) is 1. The van der Waals surface area contributed by atoms with E-state index in [1.807, 2.05) is 18.2 Å². The lowest BCUT2D eigenvalue weighted by Crippen LogP contribution is -2.34. The van der Waals surface area contributed by atoms with Crippen LogP contribution in [0.1, 0.15) is 10.9 Å². The van der Waals surface area contributed by atoms with Crippen molar-refractivity contribution >= 4 is 35.1 Å². The quantitative estimate of drug-likeness (QED) is 0.808. The van der Waals surface area contributed by atoms with Crippen LogP contribution in [0.4, 0.5) is 14.9 Å². The molecule has 1 aliphatic rings. The van der Waals surface area contributed by atoms with E-state index in [1.165, 1.54) is 18.2 Å². The van der Waals surface area contributed by atoms with Gasteiger partial charge in [0.15, 0.2) is 0 Å². The van der Waals surface area contributed by atoms with Crippen molar-refractivity contribution in [2.24, 2.45) is 0 Å². The molecule has 0 aliphatic carbocycles. The number of thioether (sulfide) groups is 1. The molecule has 0 aromatic heterocycles. The van der Waals surface area contributed by atoms with E-state index in [2.05, 4.69) is 5.32 Å². The number of hydrogen-bond acceptors (Lipinski definition) is 4. The summed E-state index contributed by atoms with van der Waals surface area (Å²) in [4.78, 5) is 14.4. The summed E-state index contributed by atoms with van der Waals surface area (Å²) in [5.74, 6) is 1.65. The molecule has 0 spiro atoms. The van der Waals surface area contributed by atoms with Gasteiger partial charge in [0.05, 0.1) is 19.2 Å². The van der Waals surface area contributed by atoms with Crippen LogP contribution in [0.5, 0.6) is 11.5 Å². The zero-order valence-electron chi connectivity index (χ0n) is 14.3. The molecular weight excluding hydrogens is 379 g/mol. The fourth-order valence-corrected chi connectivity index (χ4v) is 4.19. The Morgan fingerprint density at radius 2 is 2.08 bits per heavy atom. The third-order valence-electron chi connectivity index (χ3n) is 4.03. The molecule has 0 saturated carbocycles. The normalized spacial score (nSPS) is 16.5. The van der Waals surface area contributed by atoms with Gasteiger partial charge in [-0.2, -0.15) is 0 Å². The predicted molar refractivity (Wildman–Crippen MR) is 102 cm³/mol. The second kappa shape index (κ2) is 8.05. The van der Waals surface area contributed by atoms with Crippen LogP contribution in [-0.4, -0.2) is 37.4 Å². The van der Waals surface area contributed by atoms with E-state index in [0.717, 1.165) is 11.3 Å². The average Bonchev–Trinajstić information content (AvgIpc) is 3.14. The van der Waals surface area contributed by atoms with Crippen LogP contribution in [0.25, 0.3) is 0 Å². The molecule has 1 heterocycles. The number of carbonyl (C=O) groups is 1. The number of methoxy groups -OCH3 is 2. The molecule has 0 bridgehead atoms. The summed E-state index contributed by atoms with van der Waals surface area (Å²) in [6.07, 6.45) is 0. The molecule has 2 aromatic carbocycles. The Kier molecular flexibility index (Phi) is 5.78. The van der Waals surface area contributed by atoms with Crippen LogP contribution in [0.15, 0.2) is 36.4 Å². The highest BCUT2D eigenvalue weighted by atomic mass is 35.5. The first-order valence-electron chi connectivity index (χ1n) is 7.89. The maximum Gasteiger partial charge on any atom is 0.323 e. The molecule has 3 rings (SSSR count). The number of amides is 2. The summed E-state index contributed by atoms with van der Waals surface area (Å²) in [5.41, 5.74) is 1.30. The van der Waals surface area contributed by atoms with Crippen LogP contribution in [-0.2, 0) is 0 Å². The summed E-state index contributed by atoms with van der Waals surface area (Å²) in [6.45, 7) is 0.580. The van der Waals surface area contributed by atoms with Gasteiger partial charge in [-0.25, -0.2) is 9.18 Å². The molecule has 5 nitrogen and oxygen atoms in total. The summed E-state index contributed by atoms with van der Waals surface area (Å²) in [6, 6.07) is 9.31. The fraction of sp³-hybridized carbons (Fsp3) is 0.278. The Hall–Kier alpha value is -2.12. The van der Waals surface area contributed by atoms with Crippen molar-refractivity contribution in [1.29, 1.82) is 0 Å². The zero-order chi connectivity index (χ0) is 18.7. The molecule has 0 unspecified atom stereocenters. The molecule has 1 fully saturated rings. The van der Waals surface area contributed by atoms with E-state index >= 15 is 0 Å². The third kappa shape index (κ3) is 3.83. The molecule has 2 amide bonds. The summed E-state index contributed by atoms with van der Waals surface area (Å²) in [7, 11) is 3.19. The number of benzene rings is 2. The molecule has 2 aromatic rings. The molecule has 0 radical (unpaired) electrons. The highest BCUT2D eigenvalue weighted by Crippen LogP contribution is 2.43. The van der Waals surface area contributed by atoms with Crippen LogP contribution in [0.3, 0.4) is 0 Å². The lowest BCUT2D eigenvalue weighted by Gasteiger charge is -2.26. The standard InChI is InChI=1S/C18H18ClFN2O3S/c1-24-12-4-6-16(25-2)13(10-12)17-22(7-8-26-17)18(23)21-11-3-5-15(20)14(19)9-11/h3-6,9-10,17H,7-8H2,1-2H3,(H,21,23)/t17-/m1/s1. The topological polar surface area (TPSA) is 50.8 Å². The second-order valence-corrected chi connectivity index (χ2v) is 7.18. The molecule has 138 valence electrons. The van der Waals surface area contributed by atoms with Crippen molar-refractivity contribution in [2.45, 2.75) is 5.37 Å². The van der Waals surface area contributed by atoms with E-state index in [1.54, 1.807) is 30.9 Å². The van der Waals surface area contributed by atoms with Gasteiger partial charge >= 0.3 is 6.03 Å². The van der Waals surface area contributed by atoms with Gasteiger partial charge in [-0.05, 0) is 36.4 Å². The molecule has 8 heteroatoms. The highest BCUT2D eigenvalue weighted by molar-refractivity contribution is 7.99. The Labute approximate surface area is 160 Å². The minimum atomic E-state index is -0.527. The van der Waals surface area contributed by atoms with Crippen LogP contribution in [0, 0.1) is 5.82 Å². The van der Waals surface area contributed by atoms with E-state index < -0.39 is 5.82 Å². The number of carbonyl (C=O) groups excluding carboxylic acids is 1. The molecule has 26 heavy (non-hydrogen) atoms. The van der Waals surface area contributed by atoms with E-state index in [-0.39, 0.29) is 16.4 Å². The molecule has 1 aliphatic heterocycles. The lowest BCUT2D eigenvalue weighted by atomic mass is 10.1. The van der Waals surface area contributed by atoms with Crippen LogP contribution >= 0.6 is 23.4 Å². The number of halogens is 2. The summed E-state index contributed by atoms with van der Waals surface area (Å²) >= 11 is 7.42. The Morgan fingerprint density at radius 1 is 1.27 bits per heavy atom. The van der Waals surface area contributed by atoms with Crippen LogP contribution in [0.2, 0.25) is 5.02 Å². The van der Waals surface area contributed by atoms with Crippen LogP contribution < -0.4 is 14.8 Å². The fourth-order valence-electron chi connectivity index (χ4n) is 2.74. The maximum atomic E-state index is 13.3. The van der Waals surface area contributed by atoms with Crippen molar-refractivity contribution < 1.29 is 18.7 Å². The lowest BCUT2D eigenvalue weighted by molar-refractivity contribution is 0.213. The number of urea groups is 1. The first-order chi connectivity index (χ1) is 12.5. The van der Waals surface area contributed by atoms with Gasteiger partial charge in [-0.15, -0.1) is 11.8 Å². The van der Waals surface area contributed by atoms with E-state index in [9.17, 15) is 9.18 Å². The van der Waals surface area contributed by atoms with Gasteiger partial charge in [0.1, 0.15) is 22.7 Å². The molecular formula is C18H18ClFN2O3S. The number of anilines is 1. The van der Waals surface area contributed by atoms with Gasteiger partial charge in [0.2, 0.25) is 0 Å². The SMILES string of the molecule is COc1ccc(OC)c([C@H]2SCCN2C(=O)Nc2ccc(F)c(Cl)c2)c1. The van der Waals surface area contributed by atoms with Crippen molar-refractivity contribution in [3.63, 3.8) is 0 Å². The van der Waals surface area contributed by atoms with Crippen molar-refractivity contribution in [2.75, 3.05) is 31.8 Å². The predicted octanol–water partition coefficient (Wildman–Crippen LogP) is 4.78. The number of rotatable bonds is 4. The van der Waals surface area contributed by atoms with Crippen molar-refractivity contribution in [3.8, 4) is 11.5 Å². The second-order valence-electron chi connectivity index (χ2n) is 5.58. The minimum absolute atomic E-state index is 0.0374. The largest absolute Gasteiger partial charge is 0.497 e.